The fourth-order valence-corrected chi connectivity index (χ4v) is 3.02. The minimum atomic E-state index is -1.09. The molecule has 0 unspecified atom stereocenters. The summed E-state index contributed by atoms with van der Waals surface area (Å²) in [5.41, 5.74) is 4.85. The van der Waals surface area contributed by atoms with Crippen molar-refractivity contribution in [3.8, 4) is 0 Å². The lowest BCUT2D eigenvalue weighted by Gasteiger charge is -2.27. The van der Waals surface area contributed by atoms with Gasteiger partial charge in [0.2, 0.25) is 0 Å². The van der Waals surface area contributed by atoms with Crippen LogP contribution >= 0.6 is 0 Å². The van der Waals surface area contributed by atoms with Gasteiger partial charge in [-0.25, -0.2) is 0 Å². The van der Waals surface area contributed by atoms with E-state index < -0.39 is 8.32 Å². The van der Waals surface area contributed by atoms with Crippen molar-refractivity contribution in [3.05, 3.63) is 12.3 Å². The molecular weight excluding hydrogens is 166 g/mol. The molecule has 0 bridgehead atoms. The average molecular weight is 187 g/mol. The Hall–Kier alpha value is -0.283. The summed E-state index contributed by atoms with van der Waals surface area (Å²) in [4.78, 5) is 0. The zero-order chi connectivity index (χ0) is 9.45. The second-order valence-corrected chi connectivity index (χ2v) is 7.90. The van der Waals surface area contributed by atoms with Crippen molar-refractivity contribution in [3.63, 3.8) is 0 Å². The fourth-order valence-electron chi connectivity index (χ4n) is 1.07. The lowest BCUT2D eigenvalue weighted by molar-refractivity contribution is 0.275. The van der Waals surface area contributed by atoms with E-state index in [0.717, 1.165) is 6.61 Å². The summed E-state index contributed by atoms with van der Waals surface area (Å²) in [6, 6.07) is 1.37. The Bertz CT molecular complexity index is 122. The number of hydrogen-bond acceptors (Lipinski definition) is 2. The van der Waals surface area contributed by atoms with Gasteiger partial charge >= 0.3 is 0 Å². The molecule has 3 heteroatoms. The Balaban J connectivity index is 0.000000261. The molecule has 0 spiro atoms. The summed E-state index contributed by atoms with van der Waals surface area (Å²) in [7, 11) is -1.09. The van der Waals surface area contributed by atoms with Crippen molar-refractivity contribution in [2.75, 3.05) is 6.61 Å². The zero-order valence-electron chi connectivity index (χ0n) is 8.47. The first kappa shape index (κ1) is 11.7. The second-order valence-electron chi connectivity index (χ2n) is 3.59. The van der Waals surface area contributed by atoms with Gasteiger partial charge in [-0.05, 0) is 38.7 Å². The van der Waals surface area contributed by atoms with Gasteiger partial charge in [-0.2, -0.15) is 0 Å². The van der Waals surface area contributed by atoms with Gasteiger partial charge in [0.25, 0.3) is 0 Å². The first-order chi connectivity index (χ1) is 5.62. The summed E-state index contributed by atoms with van der Waals surface area (Å²) in [5, 5.41) is 0. The Morgan fingerprint density at radius 2 is 1.92 bits per heavy atom. The molecule has 0 radical (unpaired) electrons. The van der Waals surface area contributed by atoms with Gasteiger partial charge in [-0.3, -0.25) is 0 Å². The third-order valence-corrected chi connectivity index (χ3v) is 4.40. The van der Waals surface area contributed by atoms with Crippen molar-refractivity contribution >= 4 is 8.32 Å². The monoisotopic (exact) mass is 187 g/mol. The minimum absolute atomic E-state index is 1.03. The quantitative estimate of drug-likeness (QED) is 0.591. The maximum atomic E-state index is 5.60. The molecule has 2 nitrogen and oxygen atoms in total. The standard InChI is InChI=1S/C6H14OSi.C3H7N/c1-8(2)6-4-3-5-7-8;1-2-3-4/h3-6H2,1-2H3;2-3H,4H2,1H3. The molecule has 1 saturated heterocycles. The van der Waals surface area contributed by atoms with E-state index in [4.69, 9.17) is 10.2 Å². The van der Waals surface area contributed by atoms with Crippen LogP contribution in [0.1, 0.15) is 19.8 Å². The maximum absolute atomic E-state index is 5.60. The van der Waals surface area contributed by atoms with E-state index in [0.29, 0.717) is 0 Å². The summed E-state index contributed by atoms with van der Waals surface area (Å²) in [5.74, 6) is 0. The number of nitrogens with two attached hydrogens (primary N) is 1. The van der Waals surface area contributed by atoms with Crippen LogP contribution in [0.2, 0.25) is 19.1 Å². The lowest BCUT2D eigenvalue weighted by atomic mass is 10.4. The largest absolute Gasteiger partial charge is 0.417 e. The fraction of sp³-hybridized carbons (Fsp3) is 0.778. The van der Waals surface area contributed by atoms with Crippen molar-refractivity contribution in [2.24, 2.45) is 5.73 Å². The van der Waals surface area contributed by atoms with Crippen LogP contribution in [0.25, 0.3) is 0 Å². The summed E-state index contributed by atoms with van der Waals surface area (Å²) in [6.07, 6.45) is 5.97. The van der Waals surface area contributed by atoms with Crippen LogP contribution < -0.4 is 5.73 Å². The van der Waals surface area contributed by atoms with Gasteiger partial charge in [-0.15, -0.1) is 0 Å². The minimum Gasteiger partial charge on any atom is -0.417 e. The van der Waals surface area contributed by atoms with Gasteiger partial charge in [-0.1, -0.05) is 12.5 Å². The Kier molecular flexibility index (Phi) is 6.11. The molecule has 0 amide bonds. The van der Waals surface area contributed by atoms with Crippen molar-refractivity contribution in [1.29, 1.82) is 0 Å². The molecule has 1 fully saturated rings. The molecule has 12 heavy (non-hydrogen) atoms. The van der Waals surface area contributed by atoms with Crippen LogP contribution in [0.3, 0.4) is 0 Å². The van der Waals surface area contributed by atoms with Crippen LogP contribution in [-0.2, 0) is 4.43 Å². The maximum Gasteiger partial charge on any atom is 0.186 e. The molecule has 1 rings (SSSR count). The molecule has 0 aromatic carbocycles. The Morgan fingerprint density at radius 3 is 2.08 bits per heavy atom. The number of hydrogen-bond donors (Lipinski definition) is 1. The van der Waals surface area contributed by atoms with Gasteiger partial charge in [0.15, 0.2) is 8.32 Å². The van der Waals surface area contributed by atoms with Crippen molar-refractivity contribution < 1.29 is 4.43 Å². The lowest BCUT2D eigenvalue weighted by Crippen LogP contribution is -2.33. The molecule has 0 aromatic rings. The molecule has 72 valence electrons. The average Bonchev–Trinajstić information content (AvgIpc) is 2.05. The molecule has 1 aliphatic rings. The summed E-state index contributed by atoms with van der Waals surface area (Å²) < 4.78 is 5.60. The van der Waals surface area contributed by atoms with E-state index in [1.807, 2.05) is 6.92 Å². The molecule has 0 aromatic heterocycles. The molecule has 1 aliphatic heterocycles. The van der Waals surface area contributed by atoms with Crippen LogP contribution in [-0.4, -0.2) is 14.9 Å². The normalized spacial score (nSPS) is 21.6. The van der Waals surface area contributed by atoms with Crippen molar-refractivity contribution in [1.82, 2.24) is 0 Å². The van der Waals surface area contributed by atoms with Gasteiger partial charge in [0.1, 0.15) is 0 Å². The smallest absolute Gasteiger partial charge is 0.186 e. The van der Waals surface area contributed by atoms with E-state index in [2.05, 4.69) is 13.1 Å². The third kappa shape index (κ3) is 6.43. The number of allylic oxidation sites excluding steroid dienone is 1. The summed E-state index contributed by atoms with van der Waals surface area (Å²) in [6.45, 7) is 7.50. The van der Waals surface area contributed by atoms with Crippen molar-refractivity contribution in [2.45, 2.75) is 38.9 Å². The highest BCUT2D eigenvalue weighted by molar-refractivity contribution is 6.71. The van der Waals surface area contributed by atoms with Gasteiger partial charge in [0.05, 0.1) is 0 Å². The van der Waals surface area contributed by atoms with E-state index in [1.54, 1.807) is 6.08 Å². The highest BCUT2D eigenvalue weighted by Gasteiger charge is 2.24. The van der Waals surface area contributed by atoms with E-state index >= 15 is 0 Å². The molecule has 0 atom stereocenters. The van der Waals surface area contributed by atoms with Gasteiger partial charge in [0, 0.05) is 6.61 Å². The number of rotatable bonds is 0. The topological polar surface area (TPSA) is 35.2 Å². The predicted octanol–water partition coefficient (Wildman–Crippen LogP) is 2.48. The zero-order valence-corrected chi connectivity index (χ0v) is 9.47. The van der Waals surface area contributed by atoms with Crippen LogP contribution in [0, 0.1) is 0 Å². The molecule has 0 aliphatic carbocycles. The highest BCUT2D eigenvalue weighted by Crippen LogP contribution is 2.20. The van der Waals surface area contributed by atoms with Crippen LogP contribution in [0.5, 0.6) is 0 Å². The van der Waals surface area contributed by atoms with Crippen LogP contribution in [0.15, 0.2) is 12.3 Å². The Morgan fingerprint density at radius 1 is 1.33 bits per heavy atom. The van der Waals surface area contributed by atoms with Crippen LogP contribution in [0.4, 0.5) is 0 Å². The molecular formula is C9H21NOSi. The Labute approximate surface area is 76.9 Å². The van der Waals surface area contributed by atoms with Gasteiger partial charge < -0.3 is 10.2 Å². The highest BCUT2D eigenvalue weighted by atomic mass is 28.4. The molecule has 0 saturated carbocycles. The summed E-state index contributed by atoms with van der Waals surface area (Å²) >= 11 is 0. The SMILES string of the molecule is CC=CN.C[Si]1(C)CCCCO1. The van der Waals surface area contributed by atoms with E-state index in [9.17, 15) is 0 Å². The molecule has 2 N–H and O–H groups in total. The first-order valence-electron chi connectivity index (χ1n) is 4.59. The van der Waals surface area contributed by atoms with E-state index in [-0.39, 0.29) is 0 Å². The second kappa shape index (κ2) is 6.26. The third-order valence-electron chi connectivity index (χ3n) is 1.86. The molecule has 1 heterocycles. The first-order valence-corrected chi connectivity index (χ1v) is 7.71. The van der Waals surface area contributed by atoms with E-state index in [1.165, 1.54) is 25.1 Å². The predicted molar refractivity (Wildman–Crippen MR) is 56.5 cm³/mol.